The highest BCUT2D eigenvalue weighted by molar-refractivity contribution is 6.21. The molecule has 1 heterocycles. The first-order chi connectivity index (χ1) is 8.09. The molecule has 3 aliphatic rings. The van der Waals surface area contributed by atoms with E-state index >= 15 is 0 Å². The molecule has 0 aromatic heterocycles. The third-order valence-electron chi connectivity index (χ3n) is 4.49. The summed E-state index contributed by atoms with van der Waals surface area (Å²) in [5.41, 5.74) is -4.08. The van der Waals surface area contributed by atoms with Gasteiger partial charge in [0.05, 0.1) is 6.10 Å². The van der Waals surface area contributed by atoms with E-state index in [-0.39, 0.29) is 12.3 Å². The summed E-state index contributed by atoms with van der Waals surface area (Å²) in [5, 5.41) is -1.11. The van der Waals surface area contributed by atoms with E-state index < -0.39 is 41.3 Å². The molecule has 0 aromatic carbocycles. The first-order valence-corrected chi connectivity index (χ1v) is 5.98. The normalized spacial score (nSPS) is 45.8. The number of alkyl halides is 7. The molecule has 18 heavy (non-hydrogen) atoms. The van der Waals surface area contributed by atoms with Crippen molar-refractivity contribution in [3.8, 4) is 0 Å². The fourth-order valence-electron chi connectivity index (χ4n) is 3.89. The number of hydrogen-bond acceptors (Lipinski definition) is 1. The Morgan fingerprint density at radius 1 is 1.00 bits per heavy atom. The minimum Gasteiger partial charge on any atom is -0.354 e. The predicted octanol–water partition coefficient (Wildman–Crippen LogP) is 3.51. The smallest absolute Gasteiger partial charge is 0.354 e. The Kier molecular flexibility index (Phi) is 2.34. The van der Waals surface area contributed by atoms with Gasteiger partial charge in [0, 0.05) is 11.3 Å². The zero-order valence-corrected chi connectivity index (χ0v) is 9.61. The van der Waals surface area contributed by atoms with Crippen LogP contribution in [0.25, 0.3) is 0 Å². The third-order valence-corrected chi connectivity index (χ3v) is 5.12. The van der Waals surface area contributed by atoms with E-state index in [1.54, 1.807) is 0 Å². The van der Waals surface area contributed by atoms with Crippen LogP contribution < -0.4 is 0 Å². The average Bonchev–Trinajstić information content (AvgIpc) is 2.71. The highest BCUT2D eigenvalue weighted by atomic mass is 35.5. The fourth-order valence-corrected chi connectivity index (χ4v) is 4.46. The molecule has 3 rings (SSSR count). The summed E-state index contributed by atoms with van der Waals surface area (Å²) >= 11 is 5.82. The second-order valence-corrected chi connectivity index (χ2v) is 5.76. The number of rotatable bonds is 0. The average molecular weight is 295 g/mol. The molecule has 1 aliphatic heterocycles. The first kappa shape index (κ1) is 12.8. The molecule has 8 heteroatoms. The topological polar surface area (TPSA) is 9.23 Å². The highest BCUT2D eigenvalue weighted by Gasteiger charge is 2.84. The van der Waals surface area contributed by atoms with Crippen LogP contribution in [0, 0.1) is 17.8 Å². The molecule has 0 spiro atoms. The highest BCUT2D eigenvalue weighted by Crippen LogP contribution is 2.68. The van der Waals surface area contributed by atoms with Gasteiger partial charge in [-0.25, -0.2) is 0 Å². The molecular formula is C10H9ClF6O. The third kappa shape index (κ3) is 1.25. The Morgan fingerprint density at radius 2 is 1.56 bits per heavy atom. The molecule has 0 aromatic rings. The van der Waals surface area contributed by atoms with Gasteiger partial charge in [0.1, 0.15) is 0 Å². The maximum absolute atomic E-state index is 13.0. The van der Waals surface area contributed by atoms with Gasteiger partial charge in [0.2, 0.25) is 0 Å². The second-order valence-electron chi connectivity index (χ2n) is 5.25. The molecular weight excluding hydrogens is 286 g/mol. The number of hydrogen-bond donors (Lipinski definition) is 0. The molecule has 2 bridgehead atoms. The van der Waals surface area contributed by atoms with Crippen molar-refractivity contribution in [2.24, 2.45) is 17.8 Å². The van der Waals surface area contributed by atoms with Crippen LogP contribution in [-0.4, -0.2) is 29.4 Å². The van der Waals surface area contributed by atoms with Crippen molar-refractivity contribution in [1.82, 2.24) is 0 Å². The van der Waals surface area contributed by atoms with E-state index in [2.05, 4.69) is 4.74 Å². The molecule has 3 fully saturated rings. The van der Waals surface area contributed by atoms with Crippen molar-refractivity contribution in [3.05, 3.63) is 0 Å². The predicted molar refractivity (Wildman–Crippen MR) is 49.1 cm³/mol. The van der Waals surface area contributed by atoms with Crippen LogP contribution in [0.15, 0.2) is 0 Å². The zero-order chi connectivity index (χ0) is 13.5. The van der Waals surface area contributed by atoms with E-state index in [0.717, 1.165) is 0 Å². The van der Waals surface area contributed by atoms with Crippen molar-refractivity contribution in [1.29, 1.82) is 0 Å². The molecule has 1 nitrogen and oxygen atoms in total. The molecule has 104 valence electrons. The lowest BCUT2D eigenvalue weighted by molar-refractivity contribution is -0.383. The van der Waals surface area contributed by atoms with Crippen LogP contribution in [0.3, 0.4) is 0 Å². The van der Waals surface area contributed by atoms with Crippen LogP contribution in [0.4, 0.5) is 26.3 Å². The van der Waals surface area contributed by atoms with Crippen molar-refractivity contribution in [3.63, 3.8) is 0 Å². The molecule has 5 atom stereocenters. The van der Waals surface area contributed by atoms with E-state index in [4.69, 9.17) is 11.6 Å². The summed E-state index contributed by atoms with van der Waals surface area (Å²) in [6.45, 7) is 0. The molecule has 0 radical (unpaired) electrons. The minimum atomic E-state index is -5.49. The van der Waals surface area contributed by atoms with Crippen LogP contribution in [-0.2, 0) is 4.74 Å². The summed E-state index contributed by atoms with van der Waals surface area (Å²) in [7, 11) is 0. The Bertz CT molecular complexity index is 362. The summed E-state index contributed by atoms with van der Waals surface area (Å²) in [6.07, 6.45) is -11.4. The molecule has 2 aliphatic carbocycles. The number of halogens is 7. The standard InChI is InChI=1S/C10H9ClF6O/c11-7-3-1-4-5(2-3)18-8(6(4)7,9(12,13)14)10(15,16)17/h3-7H,1-2H2/t3-,4-,5?,6?,7?/m1/s1. The first-order valence-electron chi connectivity index (χ1n) is 5.55. The maximum Gasteiger partial charge on any atom is 0.426 e. The largest absolute Gasteiger partial charge is 0.426 e. The van der Waals surface area contributed by atoms with E-state index in [1.807, 2.05) is 0 Å². The Hall–Kier alpha value is -0.170. The molecule has 1 saturated heterocycles. The van der Waals surface area contributed by atoms with Crippen LogP contribution >= 0.6 is 11.6 Å². The van der Waals surface area contributed by atoms with Crippen LogP contribution in [0.2, 0.25) is 0 Å². The second kappa shape index (κ2) is 3.29. The molecule has 2 saturated carbocycles. The van der Waals surface area contributed by atoms with Crippen molar-refractivity contribution in [2.75, 3.05) is 0 Å². The molecule has 0 amide bonds. The lowest BCUT2D eigenvalue weighted by Gasteiger charge is -2.38. The fraction of sp³-hybridized carbons (Fsp3) is 1.00. The monoisotopic (exact) mass is 294 g/mol. The Balaban J connectivity index is 2.13. The van der Waals surface area contributed by atoms with Gasteiger partial charge in [0.25, 0.3) is 5.60 Å². The quantitative estimate of drug-likeness (QED) is 0.491. The number of fused-ring (bicyclic) bond motifs is 1. The van der Waals surface area contributed by atoms with Crippen molar-refractivity contribution < 1.29 is 31.1 Å². The van der Waals surface area contributed by atoms with Gasteiger partial charge in [-0.1, -0.05) is 0 Å². The summed E-state index contributed by atoms with van der Waals surface area (Å²) in [4.78, 5) is 0. The van der Waals surface area contributed by atoms with Gasteiger partial charge in [-0.3, -0.25) is 0 Å². The molecule has 3 unspecified atom stereocenters. The van der Waals surface area contributed by atoms with E-state index in [1.165, 1.54) is 0 Å². The maximum atomic E-state index is 13.0. The lowest BCUT2D eigenvalue weighted by atomic mass is 9.77. The summed E-state index contributed by atoms with van der Waals surface area (Å²) < 4.78 is 82.6. The van der Waals surface area contributed by atoms with Gasteiger partial charge in [-0.05, 0) is 24.7 Å². The van der Waals surface area contributed by atoms with Gasteiger partial charge < -0.3 is 4.74 Å². The lowest BCUT2D eigenvalue weighted by Crippen LogP contribution is -2.62. The minimum absolute atomic E-state index is 0.198. The van der Waals surface area contributed by atoms with Crippen molar-refractivity contribution in [2.45, 2.75) is 42.3 Å². The zero-order valence-electron chi connectivity index (χ0n) is 8.85. The van der Waals surface area contributed by atoms with Gasteiger partial charge >= 0.3 is 12.4 Å². The van der Waals surface area contributed by atoms with Gasteiger partial charge in [-0.15, -0.1) is 11.6 Å². The Labute approximate surface area is 103 Å². The van der Waals surface area contributed by atoms with Crippen molar-refractivity contribution >= 4 is 11.6 Å². The molecule has 0 N–H and O–H groups in total. The summed E-state index contributed by atoms with van der Waals surface area (Å²) in [6, 6.07) is 0. The van der Waals surface area contributed by atoms with E-state index in [0.29, 0.717) is 6.42 Å². The summed E-state index contributed by atoms with van der Waals surface area (Å²) in [5.74, 6) is -2.72. The van der Waals surface area contributed by atoms with Crippen LogP contribution in [0.1, 0.15) is 12.8 Å². The van der Waals surface area contributed by atoms with Crippen LogP contribution in [0.5, 0.6) is 0 Å². The SMILES string of the molecule is FC(F)(F)C1(C(F)(F)F)OC2C[C@H]3C[C@H]2C1C3Cl. The van der Waals surface area contributed by atoms with Gasteiger partial charge in [0.15, 0.2) is 0 Å². The van der Waals surface area contributed by atoms with Gasteiger partial charge in [-0.2, -0.15) is 26.3 Å². The van der Waals surface area contributed by atoms with E-state index in [9.17, 15) is 26.3 Å². The Morgan fingerprint density at radius 3 is 2.00 bits per heavy atom. The number of ether oxygens (including phenoxy) is 1.